The van der Waals surface area contributed by atoms with Crippen LogP contribution < -0.4 is 5.32 Å². The molecule has 0 aliphatic rings. The van der Waals surface area contributed by atoms with Gasteiger partial charge >= 0.3 is 0 Å². The molecule has 1 atom stereocenters. The Balaban J connectivity index is 2.14. The van der Waals surface area contributed by atoms with Crippen molar-refractivity contribution in [2.45, 2.75) is 52.1 Å². The van der Waals surface area contributed by atoms with Gasteiger partial charge in [0.25, 0.3) is 0 Å². The van der Waals surface area contributed by atoms with Crippen LogP contribution in [0.1, 0.15) is 45.1 Å². The van der Waals surface area contributed by atoms with Gasteiger partial charge in [-0.15, -0.1) is 0 Å². The first kappa shape index (κ1) is 12.3. The fourth-order valence-electron chi connectivity index (χ4n) is 1.69. The first-order valence-electron chi connectivity index (χ1n) is 6.10. The fourth-order valence-corrected chi connectivity index (χ4v) is 1.69. The molecule has 0 saturated carbocycles. The van der Waals surface area contributed by atoms with Gasteiger partial charge < -0.3 is 5.32 Å². The van der Waals surface area contributed by atoms with E-state index in [1.54, 1.807) is 0 Å². The quantitative estimate of drug-likeness (QED) is 0.669. The third-order valence-electron chi connectivity index (χ3n) is 2.74. The Morgan fingerprint density at radius 1 is 1.13 bits per heavy atom. The predicted octanol–water partition coefficient (Wildman–Crippen LogP) is 3.75. The second-order valence-corrected chi connectivity index (χ2v) is 4.26. The average Bonchev–Trinajstić information content (AvgIpc) is 2.28. The minimum Gasteiger partial charge on any atom is -0.310 e. The maximum atomic E-state index is 3.56. The van der Waals surface area contributed by atoms with E-state index < -0.39 is 0 Å². The average molecular weight is 205 g/mol. The van der Waals surface area contributed by atoms with Crippen molar-refractivity contribution in [3.8, 4) is 0 Å². The molecule has 1 aromatic carbocycles. The van der Waals surface area contributed by atoms with Crippen LogP contribution in [0.2, 0.25) is 0 Å². The molecule has 0 aliphatic carbocycles. The second-order valence-electron chi connectivity index (χ2n) is 4.26. The summed E-state index contributed by atoms with van der Waals surface area (Å²) in [4.78, 5) is 0. The molecular formula is C14H23N. The van der Waals surface area contributed by atoms with E-state index in [0.717, 1.165) is 6.54 Å². The summed E-state index contributed by atoms with van der Waals surface area (Å²) in [6, 6.07) is 11.2. The van der Waals surface area contributed by atoms with Crippen molar-refractivity contribution in [1.82, 2.24) is 5.32 Å². The third-order valence-corrected chi connectivity index (χ3v) is 2.74. The van der Waals surface area contributed by atoms with Gasteiger partial charge in [0.15, 0.2) is 0 Å². The molecule has 15 heavy (non-hydrogen) atoms. The first-order chi connectivity index (χ1) is 7.33. The zero-order valence-electron chi connectivity index (χ0n) is 10.00. The van der Waals surface area contributed by atoms with E-state index in [2.05, 4.69) is 49.5 Å². The minimum absolute atomic E-state index is 0.636. The van der Waals surface area contributed by atoms with Crippen molar-refractivity contribution >= 4 is 0 Å². The molecule has 1 nitrogen and oxygen atoms in total. The van der Waals surface area contributed by atoms with E-state index >= 15 is 0 Å². The molecule has 0 fully saturated rings. The Labute approximate surface area is 93.9 Å². The molecule has 0 radical (unpaired) electrons. The number of nitrogens with one attached hydrogen (secondary N) is 1. The summed E-state index contributed by atoms with van der Waals surface area (Å²) >= 11 is 0. The predicted molar refractivity (Wildman–Crippen MR) is 66.9 cm³/mol. The molecule has 1 N–H and O–H groups in total. The van der Waals surface area contributed by atoms with Crippen LogP contribution in [0.25, 0.3) is 0 Å². The van der Waals surface area contributed by atoms with Gasteiger partial charge in [-0.3, -0.25) is 0 Å². The molecule has 0 heterocycles. The van der Waals surface area contributed by atoms with Gasteiger partial charge in [0, 0.05) is 12.6 Å². The van der Waals surface area contributed by atoms with E-state index in [9.17, 15) is 0 Å². The molecular weight excluding hydrogens is 182 g/mol. The highest BCUT2D eigenvalue weighted by Crippen LogP contribution is 2.04. The molecule has 1 rings (SSSR count). The molecule has 0 aromatic heterocycles. The summed E-state index contributed by atoms with van der Waals surface area (Å²) in [5, 5.41) is 3.56. The summed E-state index contributed by atoms with van der Waals surface area (Å²) < 4.78 is 0. The maximum absolute atomic E-state index is 3.56. The fraction of sp³-hybridized carbons (Fsp3) is 0.571. The molecule has 0 unspecified atom stereocenters. The van der Waals surface area contributed by atoms with Crippen LogP contribution in [0.4, 0.5) is 0 Å². The Hall–Kier alpha value is -0.820. The summed E-state index contributed by atoms with van der Waals surface area (Å²) in [5.41, 5.74) is 1.37. The van der Waals surface area contributed by atoms with Crippen LogP contribution >= 0.6 is 0 Å². The molecule has 0 amide bonds. The van der Waals surface area contributed by atoms with Gasteiger partial charge in [0.2, 0.25) is 0 Å². The monoisotopic (exact) mass is 205 g/mol. The van der Waals surface area contributed by atoms with Crippen molar-refractivity contribution < 1.29 is 0 Å². The normalized spacial score (nSPS) is 12.7. The number of rotatable bonds is 7. The Morgan fingerprint density at radius 3 is 2.53 bits per heavy atom. The molecule has 0 spiro atoms. The van der Waals surface area contributed by atoms with Crippen molar-refractivity contribution in [3.63, 3.8) is 0 Å². The Morgan fingerprint density at radius 2 is 1.87 bits per heavy atom. The summed E-state index contributed by atoms with van der Waals surface area (Å²) in [7, 11) is 0. The van der Waals surface area contributed by atoms with Crippen LogP contribution in [-0.2, 0) is 6.54 Å². The zero-order chi connectivity index (χ0) is 10.9. The van der Waals surface area contributed by atoms with Crippen molar-refractivity contribution in [2.75, 3.05) is 0 Å². The van der Waals surface area contributed by atoms with Gasteiger partial charge in [0.05, 0.1) is 0 Å². The summed E-state index contributed by atoms with van der Waals surface area (Å²) in [5.74, 6) is 0. The summed E-state index contributed by atoms with van der Waals surface area (Å²) in [6.45, 7) is 5.52. The van der Waals surface area contributed by atoms with Crippen LogP contribution in [0, 0.1) is 0 Å². The van der Waals surface area contributed by atoms with Gasteiger partial charge in [-0.05, 0) is 18.9 Å². The first-order valence-corrected chi connectivity index (χ1v) is 6.10. The van der Waals surface area contributed by atoms with Gasteiger partial charge in [-0.1, -0.05) is 56.5 Å². The lowest BCUT2D eigenvalue weighted by atomic mass is 10.1. The third kappa shape index (κ3) is 5.58. The zero-order valence-corrected chi connectivity index (χ0v) is 10.00. The molecule has 0 bridgehead atoms. The topological polar surface area (TPSA) is 12.0 Å². The highest BCUT2D eigenvalue weighted by molar-refractivity contribution is 5.14. The van der Waals surface area contributed by atoms with E-state index in [4.69, 9.17) is 0 Å². The van der Waals surface area contributed by atoms with Crippen molar-refractivity contribution in [1.29, 1.82) is 0 Å². The number of hydrogen-bond donors (Lipinski definition) is 1. The SMILES string of the molecule is CCCCC[C@@H](C)NCc1ccccc1. The van der Waals surface area contributed by atoms with Crippen LogP contribution in [0.15, 0.2) is 30.3 Å². The Kier molecular flexibility index (Phi) is 6.10. The molecule has 84 valence electrons. The standard InChI is InChI=1S/C14H23N/c1-3-4-6-9-13(2)15-12-14-10-7-5-8-11-14/h5,7-8,10-11,13,15H,3-4,6,9,12H2,1-2H3/t13-/m1/s1. The van der Waals surface area contributed by atoms with Gasteiger partial charge in [-0.25, -0.2) is 0 Å². The number of unbranched alkanes of at least 4 members (excludes halogenated alkanes) is 2. The lowest BCUT2D eigenvalue weighted by Crippen LogP contribution is -2.25. The molecule has 1 aromatic rings. The highest BCUT2D eigenvalue weighted by Gasteiger charge is 2.00. The van der Waals surface area contributed by atoms with Crippen molar-refractivity contribution in [3.05, 3.63) is 35.9 Å². The lowest BCUT2D eigenvalue weighted by molar-refractivity contribution is 0.487. The number of hydrogen-bond acceptors (Lipinski definition) is 1. The van der Waals surface area contributed by atoms with E-state index in [0.29, 0.717) is 6.04 Å². The van der Waals surface area contributed by atoms with E-state index in [1.807, 2.05) is 0 Å². The highest BCUT2D eigenvalue weighted by atomic mass is 14.9. The lowest BCUT2D eigenvalue weighted by Gasteiger charge is -2.13. The maximum Gasteiger partial charge on any atom is 0.0207 e. The molecule has 1 heteroatoms. The van der Waals surface area contributed by atoms with Crippen LogP contribution in [0.5, 0.6) is 0 Å². The van der Waals surface area contributed by atoms with Gasteiger partial charge in [0.1, 0.15) is 0 Å². The van der Waals surface area contributed by atoms with E-state index in [1.165, 1.54) is 31.2 Å². The molecule has 0 saturated heterocycles. The minimum atomic E-state index is 0.636. The Bertz CT molecular complexity index is 243. The molecule has 0 aliphatic heterocycles. The van der Waals surface area contributed by atoms with E-state index in [-0.39, 0.29) is 0 Å². The van der Waals surface area contributed by atoms with Crippen LogP contribution in [-0.4, -0.2) is 6.04 Å². The van der Waals surface area contributed by atoms with Crippen molar-refractivity contribution in [2.24, 2.45) is 0 Å². The smallest absolute Gasteiger partial charge is 0.0207 e. The largest absolute Gasteiger partial charge is 0.310 e. The second kappa shape index (κ2) is 7.47. The van der Waals surface area contributed by atoms with Crippen LogP contribution in [0.3, 0.4) is 0 Å². The summed E-state index contributed by atoms with van der Waals surface area (Å²) in [6.07, 6.45) is 5.31. The number of benzene rings is 1. The van der Waals surface area contributed by atoms with Gasteiger partial charge in [-0.2, -0.15) is 0 Å².